The van der Waals surface area contributed by atoms with Crippen molar-refractivity contribution in [2.75, 3.05) is 0 Å². The number of carbonyl (C=O) groups excluding carboxylic acids is 1. The monoisotopic (exact) mass is 266 g/mol. The molecule has 0 aliphatic heterocycles. The fourth-order valence-electron chi connectivity index (χ4n) is 1.50. The first-order chi connectivity index (χ1) is 7.20. The molecule has 3 heteroatoms. The topological polar surface area (TPSA) is 30.2 Å². The van der Waals surface area contributed by atoms with Gasteiger partial charge >= 0.3 is 0 Å². The molecule has 2 nitrogen and oxygen atoms in total. The molecule has 0 saturated carbocycles. The highest BCUT2D eigenvalue weighted by Gasteiger charge is 2.10. The first-order valence-electron chi connectivity index (χ1n) is 4.93. The van der Waals surface area contributed by atoms with Gasteiger partial charge in [-0.3, -0.25) is 4.79 Å². The normalized spacial score (nSPS) is 10.8. The lowest BCUT2D eigenvalue weighted by molar-refractivity contribution is 0.0957. The Morgan fingerprint density at radius 1 is 1.40 bits per heavy atom. The number of hydrogen-bond donors (Lipinski definition) is 0. The van der Waals surface area contributed by atoms with Crippen molar-refractivity contribution in [3.63, 3.8) is 0 Å². The largest absolute Gasteiger partial charge is 0.453 e. The van der Waals surface area contributed by atoms with E-state index >= 15 is 0 Å². The molecule has 1 aromatic carbocycles. The van der Waals surface area contributed by atoms with Crippen molar-refractivity contribution in [3.8, 4) is 0 Å². The molecule has 2 rings (SSSR count). The summed E-state index contributed by atoms with van der Waals surface area (Å²) in [6.45, 7) is 1.98. The Kier molecular flexibility index (Phi) is 2.91. The van der Waals surface area contributed by atoms with Gasteiger partial charge in [0.15, 0.2) is 11.5 Å². The highest BCUT2D eigenvalue weighted by molar-refractivity contribution is 9.10. The lowest BCUT2D eigenvalue weighted by Crippen LogP contribution is -1.94. The summed E-state index contributed by atoms with van der Waals surface area (Å²) in [5, 5.41) is 0.962. The molecule has 0 radical (unpaired) electrons. The SMILES string of the molecule is CCCC(=O)c1cc2cc(Br)ccc2o1. The number of furan rings is 1. The molecular formula is C12H11BrO2. The molecule has 0 amide bonds. The highest BCUT2D eigenvalue weighted by Crippen LogP contribution is 2.24. The predicted octanol–water partition coefficient (Wildman–Crippen LogP) is 4.18. The van der Waals surface area contributed by atoms with E-state index in [0.29, 0.717) is 12.2 Å². The zero-order valence-corrected chi connectivity index (χ0v) is 10.0. The van der Waals surface area contributed by atoms with E-state index in [1.807, 2.05) is 25.1 Å². The molecule has 1 aromatic heterocycles. The quantitative estimate of drug-likeness (QED) is 0.781. The van der Waals surface area contributed by atoms with Crippen LogP contribution in [0, 0.1) is 0 Å². The smallest absolute Gasteiger partial charge is 0.198 e. The van der Waals surface area contributed by atoms with Gasteiger partial charge in [-0.2, -0.15) is 0 Å². The molecule has 2 aromatic rings. The second kappa shape index (κ2) is 4.19. The Morgan fingerprint density at radius 2 is 2.20 bits per heavy atom. The van der Waals surface area contributed by atoms with E-state index < -0.39 is 0 Å². The van der Waals surface area contributed by atoms with E-state index in [2.05, 4.69) is 15.9 Å². The third-order valence-electron chi connectivity index (χ3n) is 2.23. The van der Waals surface area contributed by atoms with Crippen molar-refractivity contribution in [1.82, 2.24) is 0 Å². The van der Waals surface area contributed by atoms with Crippen molar-refractivity contribution in [2.45, 2.75) is 19.8 Å². The molecular weight excluding hydrogens is 256 g/mol. The minimum Gasteiger partial charge on any atom is -0.453 e. The molecule has 0 bridgehead atoms. The van der Waals surface area contributed by atoms with Crippen molar-refractivity contribution in [3.05, 3.63) is 34.5 Å². The van der Waals surface area contributed by atoms with Gasteiger partial charge < -0.3 is 4.42 Å². The molecule has 0 N–H and O–H groups in total. The van der Waals surface area contributed by atoms with Crippen LogP contribution in [-0.2, 0) is 0 Å². The number of rotatable bonds is 3. The second-order valence-electron chi connectivity index (χ2n) is 3.47. The molecule has 0 fully saturated rings. The first kappa shape index (κ1) is 10.4. The number of fused-ring (bicyclic) bond motifs is 1. The van der Waals surface area contributed by atoms with Crippen molar-refractivity contribution >= 4 is 32.7 Å². The average molecular weight is 267 g/mol. The standard InChI is InChI=1S/C12H11BrO2/c1-2-3-10(14)12-7-8-6-9(13)4-5-11(8)15-12/h4-7H,2-3H2,1H3. The van der Waals surface area contributed by atoms with Gasteiger partial charge in [0.05, 0.1) is 0 Å². The summed E-state index contributed by atoms with van der Waals surface area (Å²) in [4.78, 5) is 11.6. The van der Waals surface area contributed by atoms with Crippen LogP contribution in [0.4, 0.5) is 0 Å². The van der Waals surface area contributed by atoms with Crippen LogP contribution >= 0.6 is 15.9 Å². The van der Waals surface area contributed by atoms with Gasteiger partial charge in [0, 0.05) is 16.3 Å². The fourth-order valence-corrected chi connectivity index (χ4v) is 1.88. The Labute approximate surface area is 96.4 Å². The van der Waals surface area contributed by atoms with Crippen LogP contribution in [0.15, 0.2) is 33.2 Å². The summed E-state index contributed by atoms with van der Waals surface area (Å²) in [6, 6.07) is 7.52. The van der Waals surface area contributed by atoms with Crippen LogP contribution < -0.4 is 0 Å². The molecule has 0 unspecified atom stereocenters. The summed E-state index contributed by atoms with van der Waals surface area (Å²) in [5.74, 6) is 0.537. The molecule has 78 valence electrons. The molecule has 0 aliphatic rings. The number of carbonyl (C=O) groups is 1. The van der Waals surface area contributed by atoms with E-state index in [9.17, 15) is 4.79 Å². The maximum absolute atomic E-state index is 11.6. The van der Waals surface area contributed by atoms with Crippen LogP contribution in [-0.4, -0.2) is 5.78 Å². The van der Waals surface area contributed by atoms with E-state index in [1.54, 1.807) is 6.07 Å². The zero-order chi connectivity index (χ0) is 10.8. The number of benzene rings is 1. The number of halogens is 1. The predicted molar refractivity (Wildman–Crippen MR) is 63.2 cm³/mol. The molecule has 0 saturated heterocycles. The van der Waals surface area contributed by atoms with Crippen molar-refractivity contribution in [2.24, 2.45) is 0 Å². The van der Waals surface area contributed by atoms with Gasteiger partial charge in [0.25, 0.3) is 0 Å². The van der Waals surface area contributed by atoms with Crippen molar-refractivity contribution < 1.29 is 9.21 Å². The molecule has 15 heavy (non-hydrogen) atoms. The summed E-state index contributed by atoms with van der Waals surface area (Å²) in [6.07, 6.45) is 1.39. The Morgan fingerprint density at radius 3 is 2.93 bits per heavy atom. The lowest BCUT2D eigenvalue weighted by atomic mass is 10.2. The minimum absolute atomic E-state index is 0.0739. The molecule has 0 atom stereocenters. The Hall–Kier alpha value is -1.09. The van der Waals surface area contributed by atoms with E-state index in [0.717, 1.165) is 21.9 Å². The summed E-state index contributed by atoms with van der Waals surface area (Å²) >= 11 is 3.38. The Balaban J connectivity index is 2.42. The number of hydrogen-bond acceptors (Lipinski definition) is 2. The minimum atomic E-state index is 0.0739. The third kappa shape index (κ3) is 2.12. The fraction of sp³-hybridized carbons (Fsp3) is 0.250. The van der Waals surface area contributed by atoms with Gasteiger partial charge in [-0.1, -0.05) is 22.9 Å². The summed E-state index contributed by atoms with van der Waals surface area (Å²) in [7, 11) is 0. The molecule has 0 aliphatic carbocycles. The zero-order valence-electron chi connectivity index (χ0n) is 8.42. The van der Waals surface area contributed by atoms with Crippen LogP contribution in [0.2, 0.25) is 0 Å². The number of ketones is 1. The molecule has 1 heterocycles. The highest BCUT2D eigenvalue weighted by atomic mass is 79.9. The van der Waals surface area contributed by atoms with E-state index in [-0.39, 0.29) is 5.78 Å². The lowest BCUT2D eigenvalue weighted by Gasteiger charge is -1.91. The maximum Gasteiger partial charge on any atom is 0.198 e. The summed E-state index contributed by atoms with van der Waals surface area (Å²) in [5.41, 5.74) is 0.762. The van der Waals surface area contributed by atoms with Crippen LogP contribution in [0.1, 0.15) is 30.3 Å². The van der Waals surface area contributed by atoms with E-state index in [4.69, 9.17) is 4.42 Å². The second-order valence-corrected chi connectivity index (χ2v) is 4.38. The van der Waals surface area contributed by atoms with Gasteiger partial charge in [0.2, 0.25) is 0 Å². The van der Waals surface area contributed by atoms with Gasteiger partial charge in [0.1, 0.15) is 5.58 Å². The first-order valence-corrected chi connectivity index (χ1v) is 5.72. The average Bonchev–Trinajstić information content (AvgIpc) is 2.60. The van der Waals surface area contributed by atoms with Gasteiger partial charge in [-0.05, 0) is 30.7 Å². The van der Waals surface area contributed by atoms with Gasteiger partial charge in [-0.25, -0.2) is 0 Å². The maximum atomic E-state index is 11.6. The van der Waals surface area contributed by atoms with Crippen molar-refractivity contribution in [1.29, 1.82) is 0 Å². The van der Waals surface area contributed by atoms with Crippen LogP contribution in [0.3, 0.4) is 0 Å². The van der Waals surface area contributed by atoms with E-state index in [1.165, 1.54) is 0 Å². The van der Waals surface area contributed by atoms with Crippen LogP contribution in [0.5, 0.6) is 0 Å². The third-order valence-corrected chi connectivity index (χ3v) is 2.72. The van der Waals surface area contributed by atoms with Gasteiger partial charge in [-0.15, -0.1) is 0 Å². The Bertz CT molecular complexity index is 499. The number of Topliss-reactive ketones (excluding diaryl/α,β-unsaturated/α-hetero) is 1. The summed E-state index contributed by atoms with van der Waals surface area (Å²) < 4.78 is 6.46. The van der Waals surface area contributed by atoms with Crippen LogP contribution in [0.25, 0.3) is 11.0 Å². The molecule has 0 spiro atoms.